The summed E-state index contributed by atoms with van der Waals surface area (Å²) in [5.41, 5.74) is 6.20. The van der Waals surface area contributed by atoms with Crippen LogP contribution in [0.3, 0.4) is 0 Å². The number of carbonyl (C=O) groups excluding carboxylic acids is 1. The molecule has 4 N–H and O–H groups in total. The number of primary amides is 1. The molecule has 8 heteroatoms. The van der Waals surface area contributed by atoms with E-state index in [1.54, 1.807) is 16.9 Å². The van der Waals surface area contributed by atoms with Crippen LogP contribution < -0.4 is 10.5 Å². The molecular weight excluding hydrogens is 308 g/mol. The fourth-order valence-electron chi connectivity index (χ4n) is 1.85. The van der Waals surface area contributed by atoms with Crippen LogP contribution in [0, 0.1) is 0 Å². The van der Waals surface area contributed by atoms with Crippen LogP contribution in [0.1, 0.15) is 10.4 Å². The van der Waals surface area contributed by atoms with Crippen molar-refractivity contribution in [1.82, 2.24) is 4.72 Å². The molecule has 0 saturated carbocycles. The molecule has 0 aliphatic heterocycles. The van der Waals surface area contributed by atoms with Gasteiger partial charge >= 0.3 is 12.0 Å². The molecule has 0 aromatic heterocycles. The van der Waals surface area contributed by atoms with Crippen molar-refractivity contribution in [2.45, 2.75) is 4.90 Å². The van der Waals surface area contributed by atoms with Crippen LogP contribution in [0.4, 0.5) is 4.79 Å². The molecule has 0 bridgehead atoms. The second-order valence-corrected chi connectivity index (χ2v) is 6.06. The van der Waals surface area contributed by atoms with Crippen LogP contribution in [-0.4, -0.2) is 25.5 Å². The lowest BCUT2D eigenvalue weighted by molar-refractivity contribution is 0.0697. The topological polar surface area (TPSA) is 127 Å². The van der Waals surface area contributed by atoms with Gasteiger partial charge in [-0.15, -0.1) is 0 Å². The van der Waals surface area contributed by atoms with Crippen molar-refractivity contribution in [3.05, 3.63) is 54.1 Å². The lowest BCUT2D eigenvalue weighted by Crippen LogP contribution is -2.34. The second kappa shape index (κ2) is 5.86. The number of sulfonamides is 1. The third kappa shape index (κ3) is 3.41. The van der Waals surface area contributed by atoms with Crippen molar-refractivity contribution in [2.75, 3.05) is 0 Å². The first-order valence-corrected chi connectivity index (χ1v) is 7.54. The van der Waals surface area contributed by atoms with E-state index in [0.29, 0.717) is 11.1 Å². The monoisotopic (exact) mass is 320 g/mol. The summed E-state index contributed by atoms with van der Waals surface area (Å²) in [6.45, 7) is 0. The quantitative estimate of drug-likeness (QED) is 0.785. The minimum Gasteiger partial charge on any atom is -0.478 e. The van der Waals surface area contributed by atoms with Gasteiger partial charge in [-0.3, -0.25) is 0 Å². The summed E-state index contributed by atoms with van der Waals surface area (Å²) in [7, 11) is -4.00. The Balaban J connectivity index is 2.35. The van der Waals surface area contributed by atoms with E-state index in [4.69, 9.17) is 10.8 Å². The Kier molecular flexibility index (Phi) is 4.13. The summed E-state index contributed by atoms with van der Waals surface area (Å²) >= 11 is 0. The van der Waals surface area contributed by atoms with Crippen LogP contribution >= 0.6 is 0 Å². The molecule has 2 rings (SSSR count). The molecule has 114 valence electrons. The SMILES string of the molecule is NC(=O)NS(=O)(=O)c1ccc(-c2cccc(C(=O)O)c2)cc1. The molecule has 2 aromatic rings. The average Bonchev–Trinajstić information content (AvgIpc) is 2.46. The maximum Gasteiger partial charge on any atom is 0.335 e. The number of nitrogens with two attached hydrogens (primary N) is 1. The fraction of sp³-hybridized carbons (Fsp3) is 0. The largest absolute Gasteiger partial charge is 0.478 e. The van der Waals surface area contributed by atoms with Crippen molar-refractivity contribution in [3.63, 3.8) is 0 Å². The highest BCUT2D eigenvalue weighted by Crippen LogP contribution is 2.22. The van der Waals surface area contributed by atoms with Gasteiger partial charge in [0.05, 0.1) is 10.5 Å². The molecule has 2 amide bonds. The zero-order valence-corrected chi connectivity index (χ0v) is 12.0. The van der Waals surface area contributed by atoms with Gasteiger partial charge in [0, 0.05) is 0 Å². The Morgan fingerprint density at radius 3 is 2.18 bits per heavy atom. The number of carbonyl (C=O) groups is 2. The van der Waals surface area contributed by atoms with Crippen molar-refractivity contribution in [1.29, 1.82) is 0 Å². The highest BCUT2D eigenvalue weighted by molar-refractivity contribution is 7.90. The van der Waals surface area contributed by atoms with Gasteiger partial charge in [0.1, 0.15) is 0 Å². The number of benzene rings is 2. The van der Waals surface area contributed by atoms with Gasteiger partial charge in [-0.1, -0.05) is 24.3 Å². The van der Waals surface area contributed by atoms with Gasteiger partial charge in [0.2, 0.25) is 0 Å². The van der Waals surface area contributed by atoms with Gasteiger partial charge in [0.15, 0.2) is 0 Å². The second-order valence-electron chi connectivity index (χ2n) is 4.38. The molecule has 0 heterocycles. The van der Waals surface area contributed by atoms with E-state index < -0.39 is 22.0 Å². The van der Waals surface area contributed by atoms with Crippen LogP contribution in [0.15, 0.2) is 53.4 Å². The van der Waals surface area contributed by atoms with Crippen LogP contribution in [0.25, 0.3) is 11.1 Å². The van der Waals surface area contributed by atoms with E-state index >= 15 is 0 Å². The number of rotatable bonds is 4. The molecule has 0 unspecified atom stereocenters. The summed E-state index contributed by atoms with van der Waals surface area (Å²) in [5.74, 6) is -1.05. The summed E-state index contributed by atoms with van der Waals surface area (Å²) in [6, 6.07) is 10.7. The van der Waals surface area contributed by atoms with Crippen molar-refractivity contribution >= 4 is 22.0 Å². The maximum atomic E-state index is 11.7. The number of nitrogens with one attached hydrogen (secondary N) is 1. The first kappa shape index (κ1) is 15.5. The summed E-state index contributed by atoms with van der Waals surface area (Å²) < 4.78 is 25.1. The third-order valence-electron chi connectivity index (χ3n) is 2.84. The number of urea groups is 1. The number of carboxylic acid groups (broad SMARTS) is 1. The van der Waals surface area contributed by atoms with Crippen molar-refractivity contribution in [3.8, 4) is 11.1 Å². The summed E-state index contributed by atoms with van der Waals surface area (Å²) in [5, 5.41) is 8.96. The smallest absolute Gasteiger partial charge is 0.335 e. The standard InChI is InChI=1S/C14H12N2O5S/c15-14(19)16-22(20,21)12-6-4-9(5-7-12)10-2-1-3-11(8-10)13(17)18/h1-8H,(H,17,18)(H3,15,16,19). The van der Waals surface area contributed by atoms with Crippen molar-refractivity contribution < 1.29 is 23.1 Å². The van der Waals surface area contributed by atoms with Gasteiger partial charge in [-0.25, -0.2) is 22.7 Å². The molecule has 7 nitrogen and oxygen atoms in total. The predicted molar refractivity (Wildman–Crippen MR) is 78.7 cm³/mol. The molecule has 2 aromatic carbocycles. The van der Waals surface area contributed by atoms with Gasteiger partial charge in [-0.2, -0.15) is 0 Å². The molecule has 22 heavy (non-hydrogen) atoms. The maximum absolute atomic E-state index is 11.7. The van der Waals surface area contributed by atoms with Crippen LogP contribution in [0.5, 0.6) is 0 Å². The zero-order valence-electron chi connectivity index (χ0n) is 11.2. The van der Waals surface area contributed by atoms with Gasteiger partial charge in [0.25, 0.3) is 10.0 Å². The molecular formula is C14H12N2O5S. The molecule has 0 fully saturated rings. The first-order valence-electron chi connectivity index (χ1n) is 6.05. The molecule has 0 spiro atoms. The van der Waals surface area contributed by atoms with Gasteiger partial charge in [-0.05, 0) is 35.4 Å². The zero-order chi connectivity index (χ0) is 16.3. The molecule has 0 atom stereocenters. The minimum atomic E-state index is -4.00. The van der Waals surface area contributed by atoms with E-state index in [1.807, 2.05) is 0 Å². The Bertz CT molecular complexity index is 829. The Hall–Kier alpha value is -2.87. The third-order valence-corrected chi connectivity index (χ3v) is 4.21. The molecule has 0 saturated heterocycles. The molecule has 0 aliphatic rings. The van der Waals surface area contributed by atoms with E-state index in [1.165, 1.54) is 36.4 Å². The Morgan fingerprint density at radius 1 is 1.00 bits per heavy atom. The molecule has 0 radical (unpaired) electrons. The predicted octanol–water partition coefficient (Wildman–Crippen LogP) is 1.41. The number of aromatic carboxylic acids is 1. The summed E-state index contributed by atoms with van der Waals surface area (Å²) in [4.78, 5) is 21.5. The van der Waals surface area contributed by atoms with Crippen LogP contribution in [0.2, 0.25) is 0 Å². The highest BCUT2D eigenvalue weighted by atomic mass is 32.2. The minimum absolute atomic E-state index is 0.121. The van der Waals surface area contributed by atoms with E-state index in [9.17, 15) is 18.0 Å². The number of hydrogen-bond donors (Lipinski definition) is 3. The number of hydrogen-bond acceptors (Lipinski definition) is 4. The normalized spacial score (nSPS) is 10.9. The Labute approximate surface area is 126 Å². The lowest BCUT2D eigenvalue weighted by Gasteiger charge is -2.06. The molecule has 0 aliphatic carbocycles. The van der Waals surface area contributed by atoms with Gasteiger partial charge < -0.3 is 10.8 Å². The first-order chi connectivity index (χ1) is 10.3. The number of carboxylic acids is 1. The highest BCUT2D eigenvalue weighted by Gasteiger charge is 2.15. The van der Waals surface area contributed by atoms with Crippen LogP contribution in [-0.2, 0) is 10.0 Å². The lowest BCUT2D eigenvalue weighted by atomic mass is 10.0. The Morgan fingerprint density at radius 2 is 1.64 bits per heavy atom. The van der Waals surface area contributed by atoms with E-state index in [0.717, 1.165) is 0 Å². The summed E-state index contributed by atoms with van der Waals surface area (Å²) in [6.07, 6.45) is 0. The van der Waals surface area contributed by atoms with Crippen molar-refractivity contribution in [2.24, 2.45) is 5.73 Å². The van der Waals surface area contributed by atoms with E-state index in [2.05, 4.69) is 0 Å². The fourth-order valence-corrected chi connectivity index (χ4v) is 2.73. The average molecular weight is 320 g/mol. The number of amides is 2. The van der Waals surface area contributed by atoms with E-state index in [-0.39, 0.29) is 10.5 Å².